The van der Waals surface area contributed by atoms with E-state index < -0.39 is 0 Å². The second-order valence-electron chi connectivity index (χ2n) is 9.41. The number of hydrogen-bond donors (Lipinski definition) is 1. The fraction of sp³-hybridized carbons (Fsp3) is 0.444. The van der Waals surface area contributed by atoms with Gasteiger partial charge in [0, 0.05) is 30.6 Å². The van der Waals surface area contributed by atoms with Crippen LogP contribution in [0, 0.1) is 0 Å². The Morgan fingerprint density at radius 2 is 1.62 bits per heavy atom. The first-order chi connectivity index (χ1) is 16.7. The maximum atomic E-state index is 13.5. The van der Waals surface area contributed by atoms with Gasteiger partial charge in [-0.15, -0.1) is 0 Å². The first kappa shape index (κ1) is 22.7. The number of nitrogens with zero attached hydrogens (tertiary/aromatic N) is 3. The zero-order valence-electron chi connectivity index (χ0n) is 19.5. The molecule has 1 N–H and O–H groups in total. The molecule has 2 fully saturated rings. The van der Waals surface area contributed by atoms with Crippen LogP contribution in [0.1, 0.15) is 48.2 Å². The van der Waals surface area contributed by atoms with Gasteiger partial charge in [-0.05, 0) is 24.5 Å². The summed E-state index contributed by atoms with van der Waals surface area (Å²) < 4.78 is 6.99. The summed E-state index contributed by atoms with van der Waals surface area (Å²) in [6.07, 6.45) is 5.76. The Bertz CT molecular complexity index is 1200. The molecule has 1 aromatic heterocycles. The maximum absolute atomic E-state index is 13.5. The highest BCUT2D eigenvalue weighted by Crippen LogP contribution is 2.34. The molecule has 0 unspecified atom stereocenters. The highest BCUT2D eigenvalue weighted by Gasteiger charge is 2.39. The van der Waals surface area contributed by atoms with Crippen molar-refractivity contribution in [1.29, 1.82) is 0 Å². The van der Waals surface area contributed by atoms with Gasteiger partial charge in [-0.2, -0.15) is 5.10 Å². The van der Waals surface area contributed by atoms with Crippen molar-refractivity contribution in [2.75, 3.05) is 32.8 Å². The van der Waals surface area contributed by atoms with Crippen molar-refractivity contribution in [2.45, 2.75) is 44.2 Å². The molecular formula is C27H32N4O3. The predicted molar refractivity (Wildman–Crippen MR) is 132 cm³/mol. The third-order valence-corrected chi connectivity index (χ3v) is 7.30. The zero-order valence-corrected chi connectivity index (χ0v) is 19.5. The first-order valence-corrected chi connectivity index (χ1v) is 12.3. The van der Waals surface area contributed by atoms with Gasteiger partial charge in [0.05, 0.1) is 25.1 Å². The number of benzene rings is 2. The van der Waals surface area contributed by atoms with Gasteiger partial charge in [0.1, 0.15) is 0 Å². The SMILES string of the molecule is O=C(NCC1(N2CCOCC2)CCCCC1)c1nn(Cc2ccccc2)c(=O)c2ccccc12. The number of morpholine rings is 1. The van der Waals surface area contributed by atoms with Crippen LogP contribution in [-0.2, 0) is 11.3 Å². The number of rotatable bonds is 6. The van der Waals surface area contributed by atoms with E-state index in [0.29, 0.717) is 29.6 Å². The van der Waals surface area contributed by atoms with Crippen molar-refractivity contribution < 1.29 is 9.53 Å². The minimum atomic E-state index is -0.226. The van der Waals surface area contributed by atoms with Gasteiger partial charge in [0.25, 0.3) is 11.5 Å². The van der Waals surface area contributed by atoms with Gasteiger partial charge in [-0.25, -0.2) is 4.68 Å². The lowest BCUT2D eigenvalue weighted by Crippen LogP contribution is -2.59. The number of amides is 1. The molecule has 1 amide bonds. The smallest absolute Gasteiger partial charge is 0.274 e. The Labute approximate surface area is 199 Å². The second-order valence-corrected chi connectivity index (χ2v) is 9.41. The van der Waals surface area contributed by atoms with Gasteiger partial charge in [-0.3, -0.25) is 14.5 Å². The molecule has 5 rings (SSSR count). The molecule has 34 heavy (non-hydrogen) atoms. The van der Waals surface area contributed by atoms with E-state index in [-0.39, 0.29) is 17.0 Å². The number of aromatic nitrogens is 2. The molecule has 7 heteroatoms. The van der Waals surface area contributed by atoms with Gasteiger partial charge in [0.2, 0.25) is 0 Å². The van der Waals surface area contributed by atoms with Crippen LogP contribution in [0.5, 0.6) is 0 Å². The molecule has 3 aromatic rings. The third kappa shape index (κ3) is 4.63. The minimum Gasteiger partial charge on any atom is -0.379 e. The van der Waals surface area contributed by atoms with Crippen molar-refractivity contribution in [1.82, 2.24) is 20.0 Å². The summed E-state index contributed by atoms with van der Waals surface area (Å²) in [5, 5.41) is 8.87. The number of carbonyl (C=O) groups is 1. The Morgan fingerprint density at radius 1 is 0.941 bits per heavy atom. The molecule has 0 bridgehead atoms. The molecule has 178 valence electrons. The second kappa shape index (κ2) is 10.1. The zero-order chi connectivity index (χ0) is 23.4. The highest BCUT2D eigenvalue weighted by molar-refractivity contribution is 6.04. The summed E-state index contributed by atoms with van der Waals surface area (Å²) in [6, 6.07) is 17.0. The van der Waals surface area contributed by atoms with Crippen molar-refractivity contribution in [2.24, 2.45) is 0 Å². The summed E-state index contributed by atoms with van der Waals surface area (Å²) in [5.41, 5.74) is 1.05. The number of fused-ring (bicyclic) bond motifs is 1. The van der Waals surface area contributed by atoms with Crippen LogP contribution >= 0.6 is 0 Å². The quantitative estimate of drug-likeness (QED) is 0.611. The van der Waals surface area contributed by atoms with Gasteiger partial charge < -0.3 is 10.1 Å². The average Bonchev–Trinajstić information content (AvgIpc) is 2.90. The topological polar surface area (TPSA) is 76.5 Å². The van der Waals surface area contributed by atoms with Crippen molar-refractivity contribution in [3.05, 3.63) is 76.2 Å². The molecule has 1 saturated carbocycles. The van der Waals surface area contributed by atoms with Gasteiger partial charge in [0.15, 0.2) is 5.69 Å². The fourth-order valence-electron chi connectivity index (χ4n) is 5.45. The normalized spacial score (nSPS) is 18.6. The van der Waals surface area contributed by atoms with E-state index in [1.54, 1.807) is 6.07 Å². The van der Waals surface area contributed by atoms with E-state index in [1.807, 2.05) is 48.5 Å². The van der Waals surface area contributed by atoms with Crippen LogP contribution in [0.25, 0.3) is 10.8 Å². The maximum Gasteiger partial charge on any atom is 0.274 e. The highest BCUT2D eigenvalue weighted by atomic mass is 16.5. The molecule has 2 heterocycles. The fourth-order valence-corrected chi connectivity index (χ4v) is 5.45. The van der Waals surface area contributed by atoms with Crippen molar-refractivity contribution >= 4 is 16.7 Å². The van der Waals surface area contributed by atoms with E-state index in [9.17, 15) is 9.59 Å². The summed E-state index contributed by atoms with van der Waals surface area (Å²) in [7, 11) is 0. The van der Waals surface area contributed by atoms with Crippen LogP contribution in [0.3, 0.4) is 0 Å². The molecule has 1 aliphatic heterocycles. The molecular weight excluding hydrogens is 428 g/mol. The predicted octanol–water partition coefficient (Wildman–Crippen LogP) is 3.21. The number of hydrogen-bond acceptors (Lipinski definition) is 5. The molecule has 2 aromatic carbocycles. The van der Waals surface area contributed by atoms with Crippen LogP contribution in [0.4, 0.5) is 0 Å². The lowest BCUT2D eigenvalue weighted by molar-refractivity contribution is -0.0361. The molecule has 0 atom stereocenters. The van der Waals surface area contributed by atoms with Gasteiger partial charge >= 0.3 is 0 Å². The Morgan fingerprint density at radius 3 is 2.35 bits per heavy atom. The Hall–Kier alpha value is -3.03. The van der Waals surface area contributed by atoms with E-state index in [0.717, 1.165) is 44.7 Å². The van der Waals surface area contributed by atoms with E-state index in [2.05, 4.69) is 15.3 Å². The van der Waals surface area contributed by atoms with Crippen LogP contribution in [0.15, 0.2) is 59.4 Å². The molecule has 0 spiro atoms. The van der Waals surface area contributed by atoms with Crippen molar-refractivity contribution in [3.63, 3.8) is 0 Å². The lowest BCUT2D eigenvalue weighted by atomic mass is 9.79. The van der Waals surface area contributed by atoms with E-state index >= 15 is 0 Å². The monoisotopic (exact) mass is 460 g/mol. The number of carbonyl (C=O) groups excluding carboxylic acids is 1. The Kier molecular flexibility index (Phi) is 6.74. The molecule has 7 nitrogen and oxygen atoms in total. The minimum absolute atomic E-state index is 0.0357. The summed E-state index contributed by atoms with van der Waals surface area (Å²) in [6.45, 7) is 4.19. The average molecular weight is 461 g/mol. The first-order valence-electron chi connectivity index (χ1n) is 12.3. The summed E-state index contributed by atoms with van der Waals surface area (Å²) >= 11 is 0. The largest absolute Gasteiger partial charge is 0.379 e. The molecule has 1 saturated heterocycles. The molecule has 0 radical (unpaired) electrons. The Balaban J connectivity index is 1.44. The number of ether oxygens (including phenoxy) is 1. The molecule has 2 aliphatic rings. The number of nitrogens with one attached hydrogen (secondary N) is 1. The van der Waals surface area contributed by atoms with E-state index in [4.69, 9.17) is 4.74 Å². The lowest BCUT2D eigenvalue weighted by Gasteiger charge is -2.48. The summed E-state index contributed by atoms with van der Waals surface area (Å²) in [4.78, 5) is 29.1. The van der Waals surface area contributed by atoms with Gasteiger partial charge in [-0.1, -0.05) is 67.8 Å². The third-order valence-electron chi connectivity index (χ3n) is 7.30. The van der Waals surface area contributed by atoms with Crippen molar-refractivity contribution in [3.8, 4) is 0 Å². The standard InChI is InChI=1S/C27H32N4O3/c32-25(28-20-27(13-7-2-8-14-27)30-15-17-34-18-16-30)24-22-11-5-6-12-23(22)26(33)31(29-24)19-21-9-3-1-4-10-21/h1,3-6,9-12H,2,7-8,13-20H2,(H,28,32). The van der Waals surface area contributed by atoms with Crippen LogP contribution in [0.2, 0.25) is 0 Å². The summed E-state index contributed by atoms with van der Waals surface area (Å²) in [5.74, 6) is -0.226. The molecule has 1 aliphatic carbocycles. The van der Waals surface area contributed by atoms with E-state index in [1.165, 1.54) is 23.9 Å². The van der Waals surface area contributed by atoms with Crippen LogP contribution < -0.4 is 10.9 Å². The van der Waals surface area contributed by atoms with Crippen LogP contribution in [-0.4, -0.2) is 59.0 Å².